The highest BCUT2D eigenvalue weighted by atomic mass is 16.4. The van der Waals surface area contributed by atoms with Crippen LogP contribution in [-0.4, -0.2) is 54.2 Å². The molecule has 2 amide bonds. The third-order valence-corrected chi connectivity index (χ3v) is 2.85. The Balaban J connectivity index is 4.00. The second kappa shape index (κ2) is 7.92. The van der Waals surface area contributed by atoms with E-state index in [0.717, 1.165) is 6.54 Å². The fourth-order valence-corrected chi connectivity index (χ4v) is 1.31. The summed E-state index contributed by atoms with van der Waals surface area (Å²) in [6.45, 7) is 8.87. The highest BCUT2D eigenvalue weighted by Crippen LogP contribution is 2.01. The quantitative estimate of drug-likeness (QED) is 0.629. The van der Waals surface area contributed by atoms with Crippen molar-refractivity contribution in [2.24, 2.45) is 5.92 Å². The molecule has 0 rings (SSSR count). The van der Waals surface area contributed by atoms with Crippen molar-refractivity contribution in [3.05, 3.63) is 0 Å². The van der Waals surface area contributed by atoms with E-state index in [4.69, 9.17) is 5.11 Å². The molecule has 106 valence electrons. The maximum absolute atomic E-state index is 11.5. The summed E-state index contributed by atoms with van der Waals surface area (Å²) < 4.78 is 0. The van der Waals surface area contributed by atoms with E-state index < -0.39 is 18.0 Å². The van der Waals surface area contributed by atoms with Gasteiger partial charge in [-0.1, -0.05) is 13.8 Å². The largest absolute Gasteiger partial charge is 0.480 e. The number of hydrogen-bond donors (Lipinski definition) is 3. The molecular weight excluding hydrogens is 234 g/mol. The van der Waals surface area contributed by atoms with Crippen LogP contribution in [-0.2, 0) is 4.79 Å². The van der Waals surface area contributed by atoms with E-state index in [0.29, 0.717) is 12.6 Å². The van der Waals surface area contributed by atoms with Crippen LogP contribution in [0, 0.1) is 5.92 Å². The Morgan fingerprint density at radius 2 is 1.78 bits per heavy atom. The summed E-state index contributed by atoms with van der Waals surface area (Å²) in [6.07, 6.45) is 0. The van der Waals surface area contributed by atoms with Crippen molar-refractivity contribution in [2.75, 3.05) is 20.1 Å². The first kappa shape index (κ1) is 16.7. The average molecular weight is 259 g/mol. The molecule has 0 fully saturated rings. The summed E-state index contributed by atoms with van der Waals surface area (Å²) in [7, 11) is 1.97. The summed E-state index contributed by atoms with van der Waals surface area (Å²) >= 11 is 0. The first-order valence-electron chi connectivity index (χ1n) is 6.23. The Kier molecular flexibility index (Phi) is 7.35. The Labute approximate surface area is 109 Å². The number of urea groups is 1. The molecule has 0 heterocycles. The standard InChI is InChI=1S/C12H25N3O3/c1-8(2)10(11(16)17)14-12(18)13-6-7-15(5)9(3)4/h8-10H,6-7H2,1-5H3,(H,16,17)(H2,13,14,18). The van der Waals surface area contributed by atoms with Crippen LogP contribution in [0.2, 0.25) is 0 Å². The van der Waals surface area contributed by atoms with Crippen LogP contribution in [0.25, 0.3) is 0 Å². The summed E-state index contributed by atoms with van der Waals surface area (Å²) in [5.74, 6) is -1.16. The Morgan fingerprint density at radius 3 is 2.17 bits per heavy atom. The molecule has 3 N–H and O–H groups in total. The zero-order valence-corrected chi connectivity index (χ0v) is 11.9. The van der Waals surface area contributed by atoms with Gasteiger partial charge in [0.2, 0.25) is 0 Å². The van der Waals surface area contributed by atoms with Gasteiger partial charge in [0.1, 0.15) is 6.04 Å². The second-order valence-electron chi connectivity index (χ2n) is 5.03. The Morgan fingerprint density at radius 1 is 1.22 bits per heavy atom. The fourth-order valence-electron chi connectivity index (χ4n) is 1.31. The van der Waals surface area contributed by atoms with Gasteiger partial charge in [-0.2, -0.15) is 0 Å². The number of carboxylic acids is 1. The lowest BCUT2D eigenvalue weighted by atomic mass is 10.1. The second-order valence-corrected chi connectivity index (χ2v) is 5.03. The van der Waals surface area contributed by atoms with Gasteiger partial charge in [-0.05, 0) is 26.8 Å². The van der Waals surface area contributed by atoms with Gasteiger partial charge in [0, 0.05) is 19.1 Å². The number of likely N-dealkylation sites (N-methyl/N-ethyl adjacent to an activating group) is 1. The predicted octanol–water partition coefficient (Wildman–Crippen LogP) is 0.735. The molecule has 0 aromatic carbocycles. The number of rotatable bonds is 7. The van der Waals surface area contributed by atoms with Crippen LogP contribution in [0.5, 0.6) is 0 Å². The highest BCUT2D eigenvalue weighted by Gasteiger charge is 2.23. The van der Waals surface area contributed by atoms with Crippen molar-refractivity contribution >= 4 is 12.0 Å². The number of carbonyl (C=O) groups is 2. The van der Waals surface area contributed by atoms with Gasteiger partial charge in [0.15, 0.2) is 0 Å². The summed E-state index contributed by atoms with van der Waals surface area (Å²) in [5.41, 5.74) is 0. The molecule has 1 atom stereocenters. The van der Waals surface area contributed by atoms with E-state index in [-0.39, 0.29) is 5.92 Å². The number of nitrogens with zero attached hydrogens (tertiary/aromatic N) is 1. The maximum atomic E-state index is 11.5. The van der Waals surface area contributed by atoms with Crippen molar-refractivity contribution in [1.29, 1.82) is 0 Å². The number of amides is 2. The summed E-state index contributed by atoms with van der Waals surface area (Å²) in [5, 5.41) is 14.0. The minimum atomic E-state index is -1.01. The predicted molar refractivity (Wildman–Crippen MR) is 70.6 cm³/mol. The molecule has 6 heteroatoms. The van der Waals surface area contributed by atoms with E-state index in [2.05, 4.69) is 29.4 Å². The van der Waals surface area contributed by atoms with Crippen molar-refractivity contribution in [1.82, 2.24) is 15.5 Å². The molecule has 0 aromatic heterocycles. The monoisotopic (exact) mass is 259 g/mol. The van der Waals surface area contributed by atoms with Crippen molar-refractivity contribution in [3.63, 3.8) is 0 Å². The third-order valence-electron chi connectivity index (χ3n) is 2.85. The SMILES string of the molecule is CC(C)C(NC(=O)NCCN(C)C(C)C)C(=O)O. The van der Waals surface area contributed by atoms with Crippen LogP contribution in [0.15, 0.2) is 0 Å². The van der Waals surface area contributed by atoms with Crippen molar-refractivity contribution in [2.45, 2.75) is 39.8 Å². The van der Waals surface area contributed by atoms with Gasteiger partial charge in [-0.25, -0.2) is 9.59 Å². The molecule has 0 aliphatic rings. The summed E-state index contributed by atoms with van der Waals surface area (Å²) in [6, 6.07) is -0.877. The molecule has 6 nitrogen and oxygen atoms in total. The lowest BCUT2D eigenvalue weighted by Gasteiger charge is -2.22. The number of hydrogen-bond acceptors (Lipinski definition) is 3. The van der Waals surface area contributed by atoms with E-state index in [9.17, 15) is 9.59 Å². The van der Waals surface area contributed by atoms with Crippen LogP contribution in [0.1, 0.15) is 27.7 Å². The van der Waals surface area contributed by atoms with Crippen LogP contribution in [0.3, 0.4) is 0 Å². The van der Waals surface area contributed by atoms with Gasteiger partial charge in [-0.15, -0.1) is 0 Å². The van der Waals surface area contributed by atoms with Crippen LogP contribution in [0.4, 0.5) is 4.79 Å². The zero-order valence-electron chi connectivity index (χ0n) is 11.9. The van der Waals surface area contributed by atoms with Crippen LogP contribution < -0.4 is 10.6 Å². The van der Waals surface area contributed by atoms with Gasteiger partial charge in [0.05, 0.1) is 0 Å². The van der Waals surface area contributed by atoms with E-state index >= 15 is 0 Å². The minimum Gasteiger partial charge on any atom is -0.480 e. The topological polar surface area (TPSA) is 81.7 Å². The fraction of sp³-hybridized carbons (Fsp3) is 0.833. The number of carbonyl (C=O) groups excluding carboxylic acids is 1. The van der Waals surface area contributed by atoms with Gasteiger partial charge in [-0.3, -0.25) is 0 Å². The highest BCUT2D eigenvalue weighted by molar-refractivity contribution is 5.82. The molecule has 18 heavy (non-hydrogen) atoms. The maximum Gasteiger partial charge on any atom is 0.326 e. The Bertz CT molecular complexity index is 280. The lowest BCUT2D eigenvalue weighted by molar-refractivity contribution is -0.140. The molecule has 0 aliphatic carbocycles. The average Bonchev–Trinajstić information content (AvgIpc) is 2.24. The van der Waals surface area contributed by atoms with Gasteiger partial charge >= 0.3 is 12.0 Å². The normalized spacial score (nSPS) is 12.9. The van der Waals surface area contributed by atoms with Crippen molar-refractivity contribution in [3.8, 4) is 0 Å². The van der Waals surface area contributed by atoms with Crippen molar-refractivity contribution < 1.29 is 14.7 Å². The van der Waals surface area contributed by atoms with E-state index in [1.54, 1.807) is 13.8 Å². The molecule has 0 saturated carbocycles. The Hall–Kier alpha value is -1.30. The number of nitrogens with one attached hydrogen (secondary N) is 2. The number of carboxylic acid groups (broad SMARTS) is 1. The molecule has 0 bridgehead atoms. The molecular formula is C12H25N3O3. The molecule has 1 unspecified atom stereocenters. The zero-order chi connectivity index (χ0) is 14.3. The third kappa shape index (κ3) is 6.44. The molecule has 0 aliphatic heterocycles. The first-order chi connectivity index (χ1) is 8.25. The molecule has 0 radical (unpaired) electrons. The summed E-state index contributed by atoms with van der Waals surface area (Å²) in [4.78, 5) is 24.5. The molecule has 0 aromatic rings. The number of aliphatic carboxylic acids is 1. The van der Waals surface area contributed by atoms with Crippen LogP contribution >= 0.6 is 0 Å². The lowest BCUT2D eigenvalue weighted by Crippen LogP contribution is -2.49. The first-order valence-corrected chi connectivity index (χ1v) is 6.23. The van der Waals surface area contributed by atoms with E-state index in [1.807, 2.05) is 7.05 Å². The smallest absolute Gasteiger partial charge is 0.326 e. The van der Waals surface area contributed by atoms with E-state index in [1.165, 1.54) is 0 Å². The molecule has 0 spiro atoms. The minimum absolute atomic E-state index is 0.147. The van der Waals surface area contributed by atoms with Gasteiger partial charge in [0.25, 0.3) is 0 Å². The van der Waals surface area contributed by atoms with Gasteiger partial charge < -0.3 is 20.6 Å². The molecule has 0 saturated heterocycles.